The quantitative estimate of drug-likeness (QED) is 0.329. The van der Waals surface area contributed by atoms with Crippen LogP contribution in [0.4, 0.5) is 0 Å². The number of nitro groups is 1. The van der Waals surface area contributed by atoms with E-state index in [1.807, 2.05) is 0 Å². The lowest BCUT2D eigenvalue weighted by Crippen LogP contribution is -2.34. The average Bonchev–Trinajstić information content (AvgIpc) is 2.86. The third-order valence-corrected chi connectivity index (χ3v) is 6.86. The van der Waals surface area contributed by atoms with Crippen LogP contribution in [0.15, 0.2) is 47.4 Å². The van der Waals surface area contributed by atoms with Crippen molar-refractivity contribution in [3.8, 4) is 0 Å². The summed E-state index contributed by atoms with van der Waals surface area (Å²) < 4.78 is 25.9. The number of nitrogens with zero attached hydrogens (tertiary/aromatic N) is 1. The molecule has 0 unspecified atom stereocenters. The first kappa shape index (κ1) is 17.7. The van der Waals surface area contributed by atoms with Gasteiger partial charge in [-0.3, -0.25) is 10.1 Å². The zero-order chi connectivity index (χ0) is 17.0. The van der Waals surface area contributed by atoms with Gasteiger partial charge in [0.25, 0.3) is 0 Å². The maximum Gasteiger partial charge on any atom is 0.221 e. The molecule has 1 fully saturated rings. The SMILES string of the molecule is C=C1C[C@@H]([N+](=O)[O-])[C@H](CCCCC)[C@H]1S(=O)(=O)c1ccccc1. The van der Waals surface area contributed by atoms with Crippen LogP contribution in [0.2, 0.25) is 0 Å². The van der Waals surface area contributed by atoms with E-state index in [1.165, 1.54) is 0 Å². The van der Waals surface area contributed by atoms with Gasteiger partial charge in [0.15, 0.2) is 9.84 Å². The minimum atomic E-state index is -3.64. The Bertz CT molecular complexity index is 669. The van der Waals surface area contributed by atoms with Gasteiger partial charge in [0.1, 0.15) is 0 Å². The van der Waals surface area contributed by atoms with Gasteiger partial charge in [-0.2, -0.15) is 0 Å². The molecule has 0 bridgehead atoms. The van der Waals surface area contributed by atoms with E-state index in [-0.39, 0.29) is 16.2 Å². The molecule has 3 atom stereocenters. The molecule has 1 aliphatic carbocycles. The first-order valence-corrected chi connectivity index (χ1v) is 9.54. The van der Waals surface area contributed by atoms with Crippen LogP contribution in [0.1, 0.15) is 39.0 Å². The van der Waals surface area contributed by atoms with Crippen molar-refractivity contribution in [2.75, 3.05) is 0 Å². The van der Waals surface area contributed by atoms with E-state index in [4.69, 9.17) is 0 Å². The summed E-state index contributed by atoms with van der Waals surface area (Å²) in [5.41, 5.74) is 0.469. The number of sulfone groups is 1. The number of unbranched alkanes of at least 4 members (excludes halogenated alkanes) is 2. The molecule has 5 nitrogen and oxygen atoms in total. The zero-order valence-electron chi connectivity index (χ0n) is 13.3. The molecule has 0 saturated heterocycles. The molecular formula is C17H23NO4S. The standard InChI is InChI=1S/C17H23NO4S/c1-3-4-6-11-15-16(18(19)20)12-13(2)17(15)23(21,22)14-9-7-5-8-10-14/h5,7-10,15-17H,2-4,6,11-12H2,1H3/t15-,16+,17-/m0/s1. The van der Waals surface area contributed by atoms with Crippen molar-refractivity contribution in [2.45, 2.75) is 55.2 Å². The van der Waals surface area contributed by atoms with E-state index in [2.05, 4.69) is 13.5 Å². The van der Waals surface area contributed by atoms with Gasteiger partial charge >= 0.3 is 0 Å². The fourth-order valence-corrected chi connectivity index (χ4v) is 5.59. The predicted molar refractivity (Wildman–Crippen MR) is 89.6 cm³/mol. The van der Waals surface area contributed by atoms with Crippen LogP contribution in [-0.4, -0.2) is 24.6 Å². The Balaban J connectivity index is 2.36. The monoisotopic (exact) mass is 337 g/mol. The highest BCUT2D eigenvalue weighted by atomic mass is 32.2. The summed E-state index contributed by atoms with van der Waals surface area (Å²) >= 11 is 0. The van der Waals surface area contributed by atoms with Crippen LogP contribution in [0.3, 0.4) is 0 Å². The molecule has 2 rings (SSSR count). The predicted octanol–water partition coefficient (Wildman–Crippen LogP) is 3.63. The lowest BCUT2D eigenvalue weighted by atomic mass is 9.96. The molecule has 0 N–H and O–H groups in total. The first-order valence-electron chi connectivity index (χ1n) is 7.99. The van der Waals surface area contributed by atoms with E-state index in [0.717, 1.165) is 19.3 Å². The van der Waals surface area contributed by atoms with Crippen LogP contribution in [0.25, 0.3) is 0 Å². The average molecular weight is 337 g/mol. The maximum atomic E-state index is 13.0. The van der Waals surface area contributed by atoms with Gasteiger partial charge < -0.3 is 0 Å². The summed E-state index contributed by atoms with van der Waals surface area (Å²) in [6, 6.07) is 7.34. The lowest BCUT2D eigenvalue weighted by molar-refractivity contribution is -0.528. The Hall–Kier alpha value is -1.69. The number of hydrogen-bond acceptors (Lipinski definition) is 4. The minimum Gasteiger partial charge on any atom is -0.264 e. The summed E-state index contributed by atoms with van der Waals surface area (Å²) in [6.07, 6.45) is 3.45. The van der Waals surface area contributed by atoms with E-state index >= 15 is 0 Å². The van der Waals surface area contributed by atoms with Gasteiger partial charge in [0.05, 0.1) is 10.1 Å². The second-order valence-electron chi connectivity index (χ2n) is 6.15. The van der Waals surface area contributed by atoms with E-state index in [9.17, 15) is 18.5 Å². The molecule has 0 amide bonds. The molecule has 1 aromatic carbocycles. The zero-order valence-corrected chi connectivity index (χ0v) is 14.2. The molecule has 0 spiro atoms. The summed E-state index contributed by atoms with van der Waals surface area (Å²) in [6.45, 7) is 5.91. The minimum absolute atomic E-state index is 0.153. The molecule has 0 radical (unpaired) electrons. The van der Waals surface area contributed by atoms with Crippen molar-refractivity contribution < 1.29 is 13.3 Å². The number of hydrogen-bond donors (Lipinski definition) is 0. The Labute approximate surface area is 137 Å². The highest BCUT2D eigenvalue weighted by molar-refractivity contribution is 7.92. The van der Waals surface area contributed by atoms with Crippen molar-refractivity contribution in [3.05, 3.63) is 52.6 Å². The Morgan fingerprint density at radius 1 is 1.26 bits per heavy atom. The van der Waals surface area contributed by atoms with Gasteiger partial charge in [0.2, 0.25) is 6.04 Å². The smallest absolute Gasteiger partial charge is 0.221 e. The van der Waals surface area contributed by atoms with Crippen LogP contribution in [0, 0.1) is 16.0 Å². The van der Waals surface area contributed by atoms with Crippen molar-refractivity contribution in [1.82, 2.24) is 0 Å². The van der Waals surface area contributed by atoms with Crippen molar-refractivity contribution in [2.24, 2.45) is 5.92 Å². The molecule has 1 aromatic rings. The van der Waals surface area contributed by atoms with E-state index in [1.54, 1.807) is 30.3 Å². The summed E-state index contributed by atoms with van der Waals surface area (Å²) in [7, 11) is -3.64. The normalized spacial score (nSPS) is 24.7. The molecule has 1 saturated carbocycles. The number of benzene rings is 1. The molecule has 1 aliphatic rings. The highest BCUT2D eigenvalue weighted by Crippen LogP contribution is 2.41. The fraction of sp³-hybridized carbons (Fsp3) is 0.529. The van der Waals surface area contributed by atoms with Gasteiger partial charge in [-0.1, -0.05) is 56.5 Å². The van der Waals surface area contributed by atoms with Crippen molar-refractivity contribution >= 4 is 9.84 Å². The fourth-order valence-electron chi connectivity index (χ4n) is 3.45. The van der Waals surface area contributed by atoms with Gasteiger partial charge in [-0.15, -0.1) is 0 Å². The van der Waals surface area contributed by atoms with Crippen LogP contribution in [0.5, 0.6) is 0 Å². The Morgan fingerprint density at radius 2 is 1.91 bits per heavy atom. The topological polar surface area (TPSA) is 77.3 Å². The molecule has 126 valence electrons. The number of rotatable bonds is 7. The second-order valence-corrected chi connectivity index (χ2v) is 8.22. The largest absolute Gasteiger partial charge is 0.264 e. The Kier molecular flexibility index (Phi) is 5.57. The van der Waals surface area contributed by atoms with Gasteiger partial charge in [0, 0.05) is 17.3 Å². The van der Waals surface area contributed by atoms with Crippen LogP contribution >= 0.6 is 0 Å². The summed E-state index contributed by atoms with van der Waals surface area (Å²) in [5.74, 6) is -0.491. The summed E-state index contributed by atoms with van der Waals surface area (Å²) in [4.78, 5) is 11.3. The molecule has 6 heteroatoms. The van der Waals surface area contributed by atoms with Crippen molar-refractivity contribution in [3.63, 3.8) is 0 Å². The molecular weight excluding hydrogens is 314 g/mol. The molecule has 0 aliphatic heterocycles. The van der Waals surface area contributed by atoms with Gasteiger partial charge in [-0.25, -0.2) is 8.42 Å². The molecule has 23 heavy (non-hydrogen) atoms. The third-order valence-electron chi connectivity index (χ3n) is 4.57. The summed E-state index contributed by atoms with van der Waals surface area (Å²) in [5, 5.41) is 10.5. The second kappa shape index (κ2) is 7.25. The van der Waals surface area contributed by atoms with Crippen LogP contribution < -0.4 is 0 Å². The van der Waals surface area contributed by atoms with E-state index < -0.39 is 27.0 Å². The highest BCUT2D eigenvalue weighted by Gasteiger charge is 2.51. The first-order chi connectivity index (χ1) is 10.9. The van der Waals surface area contributed by atoms with Gasteiger partial charge in [-0.05, 0) is 18.6 Å². The van der Waals surface area contributed by atoms with E-state index in [0.29, 0.717) is 12.0 Å². The lowest BCUT2D eigenvalue weighted by Gasteiger charge is -2.21. The van der Waals surface area contributed by atoms with Crippen LogP contribution in [-0.2, 0) is 9.84 Å². The molecule has 0 heterocycles. The van der Waals surface area contributed by atoms with Crippen molar-refractivity contribution in [1.29, 1.82) is 0 Å². The molecule has 0 aromatic heterocycles. The third kappa shape index (κ3) is 3.63. The Morgan fingerprint density at radius 3 is 2.48 bits per heavy atom. The maximum absolute atomic E-state index is 13.0.